The van der Waals surface area contributed by atoms with Crippen LogP contribution >= 0.6 is 0 Å². The van der Waals surface area contributed by atoms with Gasteiger partial charge in [0.1, 0.15) is 4.90 Å². The molecule has 0 aliphatic carbocycles. The van der Waals surface area contributed by atoms with Crippen molar-refractivity contribution in [1.82, 2.24) is 14.6 Å². The zero-order valence-corrected chi connectivity index (χ0v) is 12.9. The third kappa shape index (κ3) is 4.25. The lowest BCUT2D eigenvalue weighted by atomic mass is 10.2. The fraction of sp³-hybridized carbons (Fsp3) is 0.500. The van der Waals surface area contributed by atoms with Crippen LogP contribution in [0.25, 0.3) is 0 Å². The van der Waals surface area contributed by atoms with Crippen molar-refractivity contribution in [3.05, 3.63) is 24.0 Å². The summed E-state index contributed by atoms with van der Waals surface area (Å²) in [5.41, 5.74) is 5.84. The van der Waals surface area contributed by atoms with E-state index in [-0.39, 0.29) is 17.5 Å². The summed E-state index contributed by atoms with van der Waals surface area (Å²) in [6.07, 6.45) is 4.97. The maximum absolute atomic E-state index is 12.3. The van der Waals surface area contributed by atoms with Crippen LogP contribution in [0.2, 0.25) is 0 Å². The van der Waals surface area contributed by atoms with Gasteiger partial charge in [0.25, 0.3) is 0 Å². The number of hydrogen-bond acceptors (Lipinski definition) is 5. The molecular formula is C14H20N4O2S. The average Bonchev–Trinajstić information content (AvgIpc) is 2.89. The second-order valence-corrected chi connectivity index (χ2v) is 6.81. The zero-order chi connectivity index (χ0) is 15.3. The van der Waals surface area contributed by atoms with Crippen LogP contribution in [-0.4, -0.2) is 51.0 Å². The highest BCUT2D eigenvalue weighted by Gasteiger charge is 2.23. The van der Waals surface area contributed by atoms with E-state index in [1.165, 1.54) is 18.5 Å². The summed E-state index contributed by atoms with van der Waals surface area (Å²) in [6.45, 7) is 1.65. The number of aromatic nitrogens is 1. The van der Waals surface area contributed by atoms with Gasteiger partial charge in [-0.25, -0.2) is 13.1 Å². The maximum Gasteiger partial charge on any atom is 0.242 e. The quantitative estimate of drug-likeness (QED) is 0.750. The van der Waals surface area contributed by atoms with Crippen LogP contribution < -0.4 is 10.5 Å². The van der Waals surface area contributed by atoms with Crippen molar-refractivity contribution < 1.29 is 8.42 Å². The number of likely N-dealkylation sites (tertiary alicyclic amines) is 1. The number of sulfonamides is 1. The van der Waals surface area contributed by atoms with Gasteiger partial charge >= 0.3 is 0 Å². The van der Waals surface area contributed by atoms with Gasteiger partial charge in [0.2, 0.25) is 10.0 Å². The highest BCUT2D eigenvalue weighted by Crippen LogP contribution is 2.15. The Bertz CT molecular complexity index is 648. The molecule has 0 radical (unpaired) electrons. The van der Waals surface area contributed by atoms with E-state index < -0.39 is 10.0 Å². The van der Waals surface area contributed by atoms with Crippen LogP contribution in [0.4, 0.5) is 0 Å². The van der Waals surface area contributed by atoms with E-state index in [2.05, 4.69) is 26.4 Å². The fourth-order valence-electron chi connectivity index (χ4n) is 2.31. The Morgan fingerprint density at radius 1 is 1.52 bits per heavy atom. The number of nitrogens with two attached hydrogens (primary N) is 1. The van der Waals surface area contributed by atoms with Crippen LogP contribution in [0, 0.1) is 11.8 Å². The van der Waals surface area contributed by atoms with Crippen molar-refractivity contribution in [1.29, 1.82) is 0 Å². The summed E-state index contributed by atoms with van der Waals surface area (Å²) >= 11 is 0. The Morgan fingerprint density at radius 2 is 2.33 bits per heavy atom. The van der Waals surface area contributed by atoms with E-state index in [4.69, 9.17) is 5.73 Å². The standard InChI is InChI=1S/C14H20N4O2S/c1-18-7-3-5-13(18)10-17-21(19,20)14-8-12(4-2-6-15)9-16-11-14/h8-9,11,13,17H,3,5-7,10,15H2,1H3. The molecule has 0 spiro atoms. The van der Waals surface area contributed by atoms with Crippen molar-refractivity contribution in [2.24, 2.45) is 5.73 Å². The summed E-state index contributed by atoms with van der Waals surface area (Å²) in [5, 5.41) is 0. The van der Waals surface area contributed by atoms with Crippen LogP contribution in [0.5, 0.6) is 0 Å². The number of likely N-dealkylation sites (N-methyl/N-ethyl adjacent to an activating group) is 1. The number of hydrogen-bond donors (Lipinski definition) is 2. The second kappa shape index (κ2) is 7.00. The summed E-state index contributed by atoms with van der Waals surface area (Å²) in [7, 11) is -1.55. The molecule has 1 saturated heterocycles. The first kappa shape index (κ1) is 15.9. The third-order valence-corrected chi connectivity index (χ3v) is 4.93. The topological polar surface area (TPSA) is 88.3 Å². The van der Waals surface area contributed by atoms with E-state index in [1.54, 1.807) is 0 Å². The summed E-state index contributed by atoms with van der Waals surface area (Å²) in [5.74, 6) is 5.46. The zero-order valence-electron chi connectivity index (χ0n) is 12.0. The molecular weight excluding hydrogens is 288 g/mol. The normalized spacial score (nSPS) is 19.2. The molecule has 21 heavy (non-hydrogen) atoms. The van der Waals surface area contributed by atoms with Crippen LogP contribution in [0.1, 0.15) is 18.4 Å². The summed E-state index contributed by atoms with van der Waals surface area (Å²) in [6, 6.07) is 1.77. The molecule has 1 unspecified atom stereocenters. The van der Waals surface area contributed by atoms with E-state index in [0.29, 0.717) is 12.1 Å². The molecule has 7 heteroatoms. The first-order valence-corrected chi connectivity index (χ1v) is 8.35. The predicted molar refractivity (Wildman–Crippen MR) is 81.0 cm³/mol. The van der Waals surface area contributed by atoms with Gasteiger partial charge in [-0.1, -0.05) is 11.8 Å². The lowest BCUT2D eigenvalue weighted by Crippen LogP contribution is -2.38. The largest absolute Gasteiger partial charge is 0.320 e. The third-order valence-electron chi connectivity index (χ3n) is 3.54. The molecule has 1 aromatic rings. The lowest BCUT2D eigenvalue weighted by molar-refractivity contribution is 0.311. The van der Waals surface area contributed by atoms with Crippen LogP contribution in [0.3, 0.4) is 0 Å². The monoisotopic (exact) mass is 308 g/mol. The molecule has 1 aromatic heterocycles. The molecule has 1 aliphatic rings. The van der Waals surface area contributed by atoms with Gasteiger partial charge in [-0.3, -0.25) is 4.98 Å². The molecule has 1 aliphatic heterocycles. The molecule has 2 heterocycles. The van der Waals surface area contributed by atoms with Gasteiger partial charge < -0.3 is 10.6 Å². The first-order chi connectivity index (χ1) is 10.0. The molecule has 1 fully saturated rings. The molecule has 0 amide bonds. The molecule has 0 saturated carbocycles. The summed E-state index contributed by atoms with van der Waals surface area (Å²) < 4.78 is 27.2. The predicted octanol–water partition coefficient (Wildman–Crippen LogP) is -0.236. The lowest BCUT2D eigenvalue weighted by Gasteiger charge is -2.19. The smallest absolute Gasteiger partial charge is 0.242 e. The minimum Gasteiger partial charge on any atom is -0.320 e. The van der Waals surface area contributed by atoms with Gasteiger partial charge in [-0.15, -0.1) is 0 Å². The maximum atomic E-state index is 12.3. The van der Waals surface area contributed by atoms with Crippen molar-refractivity contribution in [2.45, 2.75) is 23.8 Å². The SMILES string of the molecule is CN1CCCC1CNS(=O)(=O)c1cncc(C#CCN)c1. The van der Waals surface area contributed by atoms with Crippen molar-refractivity contribution in [3.8, 4) is 11.8 Å². The Hall–Kier alpha value is -1.46. The van der Waals surface area contributed by atoms with Gasteiger partial charge in [0, 0.05) is 30.5 Å². The minimum atomic E-state index is -3.56. The van der Waals surface area contributed by atoms with Gasteiger partial charge in [0.05, 0.1) is 6.54 Å². The van der Waals surface area contributed by atoms with Crippen LogP contribution in [0.15, 0.2) is 23.4 Å². The fourth-order valence-corrected chi connectivity index (χ4v) is 3.37. The summed E-state index contributed by atoms with van der Waals surface area (Å²) in [4.78, 5) is 6.23. The second-order valence-electron chi connectivity index (χ2n) is 5.04. The Kier molecular flexibility index (Phi) is 5.31. The molecule has 114 valence electrons. The van der Waals surface area contributed by atoms with Crippen molar-refractivity contribution in [3.63, 3.8) is 0 Å². The van der Waals surface area contributed by atoms with Crippen molar-refractivity contribution >= 4 is 10.0 Å². The van der Waals surface area contributed by atoms with E-state index in [0.717, 1.165) is 19.4 Å². The number of nitrogens with one attached hydrogen (secondary N) is 1. The minimum absolute atomic E-state index is 0.131. The van der Waals surface area contributed by atoms with Gasteiger partial charge in [-0.2, -0.15) is 0 Å². The van der Waals surface area contributed by atoms with E-state index in [1.807, 2.05) is 7.05 Å². The molecule has 3 N–H and O–H groups in total. The molecule has 0 bridgehead atoms. The highest BCUT2D eigenvalue weighted by molar-refractivity contribution is 7.89. The first-order valence-electron chi connectivity index (χ1n) is 6.87. The Labute approximate surface area is 125 Å². The number of nitrogens with zero attached hydrogens (tertiary/aromatic N) is 2. The Balaban J connectivity index is 2.08. The number of pyridine rings is 1. The van der Waals surface area contributed by atoms with Crippen molar-refractivity contribution in [2.75, 3.05) is 26.7 Å². The average molecular weight is 308 g/mol. The molecule has 1 atom stereocenters. The molecule has 6 nitrogen and oxygen atoms in total. The van der Waals surface area contributed by atoms with Gasteiger partial charge in [-0.05, 0) is 32.5 Å². The van der Waals surface area contributed by atoms with E-state index >= 15 is 0 Å². The van der Waals surface area contributed by atoms with E-state index in [9.17, 15) is 8.42 Å². The van der Waals surface area contributed by atoms with Crippen LogP contribution in [-0.2, 0) is 10.0 Å². The molecule has 0 aromatic carbocycles. The molecule has 2 rings (SSSR count). The highest BCUT2D eigenvalue weighted by atomic mass is 32.2. The Morgan fingerprint density at radius 3 is 3.00 bits per heavy atom. The van der Waals surface area contributed by atoms with Gasteiger partial charge in [0.15, 0.2) is 0 Å². The number of rotatable bonds is 4.